The van der Waals surface area contributed by atoms with E-state index in [0.717, 1.165) is 24.7 Å². The molecule has 0 aliphatic heterocycles. The second-order valence-electron chi connectivity index (χ2n) is 5.38. The summed E-state index contributed by atoms with van der Waals surface area (Å²) in [6.07, 6.45) is 7.14. The summed E-state index contributed by atoms with van der Waals surface area (Å²) in [5.74, 6) is 1.83. The highest BCUT2D eigenvalue weighted by molar-refractivity contribution is 5.80. The van der Waals surface area contributed by atoms with E-state index in [1.807, 2.05) is 6.92 Å². The normalized spacial score (nSPS) is 22.8. The topological polar surface area (TPSA) is 29.1 Å². The minimum atomic E-state index is 0.0602. The van der Waals surface area contributed by atoms with E-state index in [4.69, 9.17) is 0 Å². The smallest absolute Gasteiger partial charge is 0.226 e. The van der Waals surface area contributed by atoms with Crippen molar-refractivity contribution >= 4 is 5.91 Å². The molecule has 0 aromatic carbocycles. The van der Waals surface area contributed by atoms with E-state index >= 15 is 0 Å². The molecule has 0 aromatic rings. The Hall–Kier alpha value is -0.790. The monoisotopic (exact) mass is 223 g/mol. The van der Waals surface area contributed by atoms with Gasteiger partial charge >= 0.3 is 0 Å². The summed E-state index contributed by atoms with van der Waals surface area (Å²) in [6.45, 7) is 6.58. The average Bonchev–Trinajstić information content (AvgIpc) is 2.27. The number of carbonyl (C=O) groups excluding carboxylic acids is 1. The van der Waals surface area contributed by atoms with Gasteiger partial charge in [-0.2, -0.15) is 0 Å². The summed E-state index contributed by atoms with van der Waals surface area (Å²) >= 11 is 0. The van der Waals surface area contributed by atoms with Gasteiger partial charge in [-0.15, -0.1) is 0 Å². The molecule has 0 spiro atoms. The van der Waals surface area contributed by atoms with Crippen LogP contribution < -0.4 is 5.32 Å². The predicted octanol–water partition coefficient (Wildman–Crippen LogP) is 3.14. The molecule has 0 bridgehead atoms. The quantitative estimate of drug-likeness (QED) is 0.729. The van der Waals surface area contributed by atoms with Gasteiger partial charge in [-0.05, 0) is 44.4 Å². The molecule has 1 amide bonds. The van der Waals surface area contributed by atoms with E-state index in [2.05, 4.69) is 25.2 Å². The van der Waals surface area contributed by atoms with Gasteiger partial charge in [-0.1, -0.05) is 25.5 Å². The van der Waals surface area contributed by atoms with Gasteiger partial charge in [0.25, 0.3) is 0 Å². The lowest BCUT2D eigenvalue weighted by atomic mass is 9.81. The van der Waals surface area contributed by atoms with Crippen LogP contribution in [0.3, 0.4) is 0 Å². The number of hydrogen-bond donors (Lipinski definition) is 1. The van der Waals surface area contributed by atoms with Crippen molar-refractivity contribution in [2.75, 3.05) is 7.05 Å². The van der Waals surface area contributed by atoms with Crippen LogP contribution in [-0.2, 0) is 4.79 Å². The van der Waals surface area contributed by atoms with E-state index in [1.165, 1.54) is 18.4 Å². The van der Waals surface area contributed by atoms with Gasteiger partial charge in [0.1, 0.15) is 0 Å². The maximum atomic E-state index is 11.5. The van der Waals surface area contributed by atoms with Crippen LogP contribution in [0.25, 0.3) is 0 Å². The zero-order valence-corrected chi connectivity index (χ0v) is 11.0. The van der Waals surface area contributed by atoms with Crippen LogP contribution in [0.4, 0.5) is 0 Å². The molecule has 1 aliphatic rings. The van der Waals surface area contributed by atoms with Gasteiger partial charge in [0.2, 0.25) is 5.91 Å². The SMILES string of the molecule is CNC(=O)[C@H](C)C1=CC[C@@H](CC(C)C)CC1. The lowest BCUT2D eigenvalue weighted by Crippen LogP contribution is -2.27. The summed E-state index contributed by atoms with van der Waals surface area (Å²) in [5, 5.41) is 2.73. The van der Waals surface area contributed by atoms with Gasteiger partial charge in [0, 0.05) is 7.05 Å². The highest BCUT2D eigenvalue weighted by Crippen LogP contribution is 2.31. The molecule has 1 N–H and O–H groups in total. The average molecular weight is 223 g/mol. The minimum Gasteiger partial charge on any atom is -0.359 e. The molecule has 0 unspecified atom stereocenters. The van der Waals surface area contributed by atoms with Crippen molar-refractivity contribution in [2.24, 2.45) is 17.8 Å². The Kier molecular flexibility index (Phi) is 5.04. The second kappa shape index (κ2) is 6.07. The van der Waals surface area contributed by atoms with Gasteiger partial charge in [0.15, 0.2) is 0 Å². The molecule has 0 heterocycles. The van der Waals surface area contributed by atoms with Crippen molar-refractivity contribution in [1.82, 2.24) is 5.32 Å². The molecule has 1 rings (SSSR count). The minimum absolute atomic E-state index is 0.0602. The molecule has 1 aliphatic carbocycles. The van der Waals surface area contributed by atoms with E-state index in [9.17, 15) is 4.79 Å². The molecule has 2 nitrogen and oxygen atoms in total. The molecule has 0 saturated heterocycles. The molecule has 0 fully saturated rings. The fourth-order valence-corrected chi connectivity index (χ4v) is 2.57. The van der Waals surface area contributed by atoms with Gasteiger partial charge in [-0.25, -0.2) is 0 Å². The Bertz CT molecular complexity index is 268. The molecule has 92 valence electrons. The van der Waals surface area contributed by atoms with Crippen molar-refractivity contribution in [1.29, 1.82) is 0 Å². The maximum Gasteiger partial charge on any atom is 0.226 e. The summed E-state index contributed by atoms with van der Waals surface area (Å²) in [5.41, 5.74) is 1.33. The first kappa shape index (κ1) is 13.3. The van der Waals surface area contributed by atoms with E-state index in [1.54, 1.807) is 7.05 Å². The van der Waals surface area contributed by atoms with Crippen LogP contribution in [0, 0.1) is 17.8 Å². The van der Waals surface area contributed by atoms with Crippen LogP contribution in [0.15, 0.2) is 11.6 Å². The van der Waals surface area contributed by atoms with Gasteiger partial charge in [-0.3, -0.25) is 4.79 Å². The van der Waals surface area contributed by atoms with Crippen molar-refractivity contribution in [2.45, 2.75) is 46.5 Å². The van der Waals surface area contributed by atoms with E-state index in [-0.39, 0.29) is 11.8 Å². The molecular formula is C14H25NO. The summed E-state index contributed by atoms with van der Waals surface area (Å²) in [6, 6.07) is 0. The van der Waals surface area contributed by atoms with Crippen molar-refractivity contribution in [3.05, 3.63) is 11.6 Å². The molecule has 2 heteroatoms. The molecule has 0 saturated carbocycles. The highest BCUT2D eigenvalue weighted by Gasteiger charge is 2.21. The zero-order chi connectivity index (χ0) is 12.1. The van der Waals surface area contributed by atoms with Crippen LogP contribution >= 0.6 is 0 Å². The third-order valence-corrected chi connectivity index (χ3v) is 3.56. The van der Waals surface area contributed by atoms with Crippen molar-refractivity contribution < 1.29 is 4.79 Å². The number of hydrogen-bond acceptors (Lipinski definition) is 1. The van der Waals surface area contributed by atoms with Crippen molar-refractivity contribution in [3.8, 4) is 0 Å². The number of carbonyl (C=O) groups is 1. The Morgan fingerprint density at radius 3 is 2.62 bits per heavy atom. The fourth-order valence-electron chi connectivity index (χ4n) is 2.57. The van der Waals surface area contributed by atoms with Crippen LogP contribution in [0.2, 0.25) is 0 Å². The Balaban J connectivity index is 2.49. The first-order valence-corrected chi connectivity index (χ1v) is 6.45. The molecule has 0 aromatic heterocycles. The maximum absolute atomic E-state index is 11.5. The number of amides is 1. The zero-order valence-electron chi connectivity index (χ0n) is 11.0. The van der Waals surface area contributed by atoms with Gasteiger partial charge in [0.05, 0.1) is 5.92 Å². The Labute approximate surface area is 99.5 Å². The molecule has 2 atom stereocenters. The summed E-state index contributed by atoms with van der Waals surface area (Å²) in [7, 11) is 1.71. The lowest BCUT2D eigenvalue weighted by Gasteiger charge is -2.25. The van der Waals surface area contributed by atoms with Crippen LogP contribution in [0.5, 0.6) is 0 Å². The highest BCUT2D eigenvalue weighted by atomic mass is 16.1. The largest absolute Gasteiger partial charge is 0.359 e. The van der Waals surface area contributed by atoms with Crippen LogP contribution in [0.1, 0.15) is 46.5 Å². The standard InChI is InChI=1S/C14H25NO/c1-10(2)9-12-5-7-13(8-6-12)11(3)14(16)15-4/h7,10-12H,5-6,8-9H2,1-4H3,(H,15,16)/t11-,12-/m1/s1. The lowest BCUT2D eigenvalue weighted by molar-refractivity contribution is -0.123. The fraction of sp³-hybridized carbons (Fsp3) is 0.786. The van der Waals surface area contributed by atoms with E-state index < -0.39 is 0 Å². The summed E-state index contributed by atoms with van der Waals surface area (Å²) < 4.78 is 0. The third-order valence-electron chi connectivity index (χ3n) is 3.56. The predicted molar refractivity (Wildman–Crippen MR) is 68.1 cm³/mol. The molecular weight excluding hydrogens is 198 g/mol. The first-order chi connectivity index (χ1) is 7.54. The van der Waals surface area contributed by atoms with Crippen molar-refractivity contribution in [3.63, 3.8) is 0 Å². The summed E-state index contributed by atoms with van der Waals surface area (Å²) in [4.78, 5) is 11.5. The Morgan fingerprint density at radius 2 is 2.19 bits per heavy atom. The van der Waals surface area contributed by atoms with Gasteiger partial charge < -0.3 is 5.32 Å². The number of rotatable bonds is 4. The number of nitrogens with one attached hydrogen (secondary N) is 1. The Morgan fingerprint density at radius 1 is 1.50 bits per heavy atom. The third kappa shape index (κ3) is 3.66. The molecule has 16 heavy (non-hydrogen) atoms. The molecule has 0 radical (unpaired) electrons. The van der Waals surface area contributed by atoms with Crippen LogP contribution in [-0.4, -0.2) is 13.0 Å². The first-order valence-electron chi connectivity index (χ1n) is 6.45. The second-order valence-corrected chi connectivity index (χ2v) is 5.38. The van der Waals surface area contributed by atoms with E-state index in [0.29, 0.717) is 0 Å². The number of allylic oxidation sites excluding steroid dienone is 1.